The molecule has 6 heteroatoms. The number of benzene rings is 1. The van der Waals surface area contributed by atoms with Crippen LogP contribution in [0.15, 0.2) is 23.0 Å². The van der Waals surface area contributed by atoms with Crippen molar-refractivity contribution >= 4 is 0 Å². The van der Waals surface area contributed by atoms with Crippen molar-refractivity contribution in [3.63, 3.8) is 0 Å². The van der Waals surface area contributed by atoms with Gasteiger partial charge in [0.05, 0.1) is 18.4 Å². The van der Waals surface area contributed by atoms with Crippen molar-refractivity contribution in [2.45, 2.75) is 26.4 Å². The van der Waals surface area contributed by atoms with Gasteiger partial charge in [0.25, 0.3) is 5.56 Å². The number of H-pyrrole nitrogens is 1. The molecule has 0 saturated heterocycles. The van der Waals surface area contributed by atoms with E-state index in [1.807, 2.05) is 0 Å². The zero-order valence-electron chi connectivity index (χ0n) is 12.6. The van der Waals surface area contributed by atoms with Crippen molar-refractivity contribution in [2.75, 3.05) is 13.7 Å². The van der Waals surface area contributed by atoms with Gasteiger partial charge in [-0.25, -0.2) is 9.37 Å². The van der Waals surface area contributed by atoms with Crippen molar-refractivity contribution in [3.05, 3.63) is 57.0 Å². The first-order chi connectivity index (χ1) is 10.6. The standard InChI is InChI=1S/C16H18FN3O2/c1-10-18-14-5-6-20(9-12(14)16(21)19-10)8-11-3-4-13(17)15(7-11)22-2/h3-4,7H,5-6,8-9H2,1-2H3,(H,18,19,21). The number of hydrogen-bond acceptors (Lipinski definition) is 4. The number of ether oxygens (including phenoxy) is 1. The molecule has 0 unspecified atom stereocenters. The maximum atomic E-state index is 13.4. The van der Waals surface area contributed by atoms with Crippen LogP contribution in [0.1, 0.15) is 22.6 Å². The number of halogens is 1. The lowest BCUT2D eigenvalue weighted by Gasteiger charge is -2.27. The Morgan fingerprint density at radius 2 is 2.27 bits per heavy atom. The summed E-state index contributed by atoms with van der Waals surface area (Å²) in [6.45, 7) is 3.81. The second-order valence-corrected chi connectivity index (χ2v) is 5.51. The molecule has 0 aliphatic carbocycles. The Bertz CT molecular complexity index is 758. The molecule has 1 N–H and O–H groups in total. The summed E-state index contributed by atoms with van der Waals surface area (Å²) < 4.78 is 18.4. The Hall–Kier alpha value is -2.21. The number of nitrogens with zero attached hydrogens (tertiary/aromatic N) is 2. The molecule has 22 heavy (non-hydrogen) atoms. The van der Waals surface area contributed by atoms with E-state index < -0.39 is 0 Å². The second kappa shape index (κ2) is 5.88. The lowest BCUT2D eigenvalue weighted by atomic mass is 10.1. The van der Waals surface area contributed by atoms with Crippen LogP contribution in [-0.2, 0) is 19.5 Å². The van der Waals surface area contributed by atoms with E-state index in [1.165, 1.54) is 13.2 Å². The van der Waals surface area contributed by atoms with Gasteiger partial charge in [-0.2, -0.15) is 0 Å². The highest BCUT2D eigenvalue weighted by Crippen LogP contribution is 2.21. The van der Waals surface area contributed by atoms with Gasteiger partial charge in [0, 0.05) is 26.1 Å². The van der Waals surface area contributed by atoms with Crippen LogP contribution in [0.4, 0.5) is 4.39 Å². The van der Waals surface area contributed by atoms with Crippen LogP contribution in [-0.4, -0.2) is 28.5 Å². The van der Waals surface area contributed by atoms with Gasteiger partial charge in [0.2, 0.25) is 0 Å². The maximum absolute atomic E-state index is 13.4. The minimum Gasteiger partial charge on any atom is -0.494 e. The minimum absolute atomic E-state index is 0.0658. The average Bonchev–Trinajstić information content (AvgIpc) is 2.49. The van der Waals surface area contributed by atoms with E-state index in [-0.39, 0.29) is 17.1 Å². The van der Waals surface area contributed by atoms with Gasteiger partial charge in [-0.05, 0) is 24.6 Å². The van der Waals surface area contributed by atoms with E-state index >= 15 is 0 Å². The Labute approximate surface area is 127 Å². The molecule has 0 amide bonds. The highest BCUT2D eigenvalue weighted by Gasteiger charge is 2.21. The first kappa shape index (κ1) is 14.7. The molecule has 1 aliphatic heterocycles. The van der Waals surface area contributed by atoms with Gasteiger partial charge < -0.3 is 9.72 Å². The van der Waals surface area contributed by atoms with Crippen LogP contribution in [0.3, 0.4) is 0 Å². The van der Waals surface area contributed by atoms with Gasteiger partial charge in [0.1, 0.15) is 5.82 Å². The highest BCUT2D eigenvalue weighted by molar-refractivity contribution is 5.30. The van der Waals surface area contributed by atoms with Crippen LogP contribution < -0.4 is 10.3 Å². The molecular formula is C16H18FN3O2. The molecule has 0 fully saturated rings. The van der Waals surface area contributed by atoms with Gasteiger partial charge in [-0.15, -0.1) is 0 Å². The van der Waals surface area contributed by atoms with E-state index in [0.717, 1.165) is 29.8 Å². The molecule has 116 valence electrons. The summed E-state index contributed by atoms with van der Waals surface area (Å²) in [5.74, 6) is 0.525. The fraction of sp³-hybridized carbons (Fsp3) is 0.375. The molecule has 0 saturated carbocycles. The number of methoxy groups -OCH3 is 1. The Balaban J connectivity index is 1.79. The van der Waals surface area contributed by atoms with Crippen molar-refractivity contribution in [2.24, 2.45) is 0 Å². The van der Waals surface area contributed by atoms with Crippen LogP contribution in [0, 0.1) is 12.7 Å². The van der Waals surface area contributed by atoms with Crippen molar-refractivity contribution in [1.29, 1.82) is 0 Å². The van der Waals surface area contributed by atoms with E-state index in [4.69, 9.17) is 4.74 Å². The van der Waals surface area contributed by atoms with E-state index in [0.29, 0.717) is 18.9 Å². The van der Waals surface area contributed by atoms with E-state index in [9.17, 15) is 9.18 Å². The molecule has 0 spiro atoms. The number of nitrogens with one attached hydrogen (secondary N) is 1. The van der Waals surface area contributed by atoms with E-state index in [1.54, 1.807) is 19.1 Å². The van der Waals surface area contributed by atoms with E-state index in [2.05, 4.69) is 14.9 Å². The molecule has 0 atom stereocenters. The number of hydrogen-bond donors (Lipinski definition) is 1. The zero-order valence-corrected chi connectivity index (χ0v) is 12.6. The third-order valence-electron chi connectivity index (χ3n) is 3.89. The molecule has 1 aromatic carbocycles. The first-order valence-corrected chi connectivity index (χ1v) is 7.20. The van der Waals surface area contributed by atoms with Crippen LogP contribution in [0.2, 0.25) is 0 Å². The van der Waals surface area contributed by atoms with Crippen molar-refractivity contribution in [3.8, 4) is 5.75 Å². The summed E-state index contributed by atoms with van der Waals surface area (Å²) in [6, 6.07) is 4.84. The van der Waals surface area contributed by atoms with Crippen molar-refractivity contribution in [1.82, 2.24) is 14.9 Å². The number of rotatable bonds is 3. The van der Waals surface area contributed by atoms with Crippen LogP contribution in [0.25, 0.3) is 0 Å². The lowest BCUT2D eigenvalue weighted by Crippen LogP contribution is -2.35. The normalized spacial score (nSPS) is 14.7. The Morgan fingerprint density at radius 1 is 1.45 bits per heavy atom. The number of aryl methyl sites for hydroxylation is 1. The fourth-order valence-corrected chi connectivity index (χ4v) is 2.80. The molecule has 2 heterocycles. The molecule has 2 aromatic rings. The topological polar surface area (TPSA) is 58.2 Å². The Morgan fingerprint density at radius 3 is 3.05 bits per heavy atom. The number of aromatic amines is 1. The molecule has 5 nitrogen and oxygen atoms in total. The molecule has 0 bridgehead atoms. The predicted molar refractivity (Wildman–Crippen MR) is 80.4 cm³/mol. The summed E-state index contributed by atoms with van der Waals surface area (Å²) in [4.78, 5) is 21.3. The predicted octanol–water partition coefficient (Wildman–Crippen LogP) is 1.78. The summed E-state index contributed by atoms with van der Waals surface area (Å²) in [5, 5.41) is 0. The van der Waals surface area contributed by atoms with Gasteiger partial charge >= 0.3 is 0 Å². The molecule has 1 aromatic heterocycles. The number of fused-ring (bicyclic) bond motifs is 1. The van der Waals surface area contributed by atoms with Crippen molar-refractivity contribution < 1.29 is 9.13 Å². The third-order valence-corrected chi connectivity index (χ3v) is 3.89. The zero-order chi connectivity index (χ0) is 15.7. The average molecular weight is 303 g/mol. The highest BCUT2D eigenvalue weighted by atomic mass is 19.1. The van der Waals surface area contributed by atoms with Crippen LogP contribution >= 0.6 is 0 Å². The largest absolute Gasteiger partial charge is 0.494 e. The van der Waals surface area contributed by atoms with Gasteiger partial charge in [0.15, 0.2) is 11.6 Å². The fourth-order valence-electron chi connectivity index (χ4n) is 2.80. The molecular weight excluding hydrogens is 285 g/mol. The molecule has 3 rings (SSSR count). The summed E-state index contributed by atoms with van der Waals surface area (Å²) in [5.41, 5.74) is 2.50. The minimum atomic E-state index is -0.369. The quantitative estimate of drug-likeness (QED) is 0.939. The van der Waals surface area contributed by atoms with Gasteiger partial charge in [-0.3, -0.25) is 9.69 Å². The summed E-state index contributed by atoms with van der Waals surface area (Å²) in [7, 11) is 1.45. The maximum Gasteiger partial charge on any atom is 0.255 e. The summed E-state index contributed by atoms with van der Waals surface area (Å²) in [6.07, 6.45) is 0.748. The molecule has 1 aliphatic rings. The first-order valence-electron chi connectivity index (χ1n) is 7.20. The smallest absolute Gasteiger partial charge is 0.255 e. The Kier molecular flexibility index (Phi) is 3.94. The number of aromatic nitrogens is 2. The summed E-state index contributed by atoms with van der Waals surface area (Å²) >= 11 is 0. The molecule has 0 radical (unpaired) electrons. The second-order valence-electron chi connectivity index (χ2n) is 5.51. The third kappa shape index (κ3) is 2.87. The lowest BCUT2D eigenvalue weighted by molar-refractivity contribution is 0.241. The SMILES string of the molecule is COc1cc(CN2CCc3nc(C)[nH]c(=O)c3C2)ccc1F. The van der Waals surface area contributed by atoms with Gasteiger partial charge in [-0.1, -0.05) is 6.07 Å². The monoisotopic (exact) mass is 303 g/mol. The van der Waals surface area contributed by atoms with Crippen LogP contribution in [0.5, 0.6) is 5.75 Å².